The number of fused-ring (bicyclic) bond motifs is 5. The number of hydrogen-bond donors (Lipinski definition) is 3. The predicted molar refractivity (Wildman–Crippen MR) is 139 cm³/mol. The van der Waals surface area contributed by atoms with Crippen LogP contribution in [0.5, 0.6) is 11.5 Å². The zero-order valence-electron chi connectivity index (χ0n) is 20.0. The van der Waals surface area contributed by atoms with Crippen LogP contribution in [0.3, 0.4) is 0 Å². The van der Waals surface area contributed by atoms with Crippen molar-refractivity contribution in [2.45, 2.75) is 13.0 Å². The normalized spacial score (nSPS) is 14.4. The summed E-state index contributed by atoms with van der Waals surface area (Å²) < 4.78 is 4.61. The van der Waals surface area contributed by atoms with Crippen molar-refractivity contribution in [3.63, 3.8) is 0 Å². The van der Waals surface area contributed by atoms with Gasteiger partial charge in [-0.3, -0.25) is 13.9 Å². The topological polar surface area (TPSA) is 101 Å². The van der Waals surface area contributed by atoms with E-state index in [1.54, 1.807) is 7.05 Å². The van der Waals surface area contributed by atoms with E-state index in [1.807, 2.05) is 60.0 Å². The number of para-hydroxylation sites is 2. The summed E-state index contributed by atoms with van der Waals surface area (Å²) in [5.74, 6) is -0.0216. The van der Waals surface area contributed by atoms with E-state index in [9.17, 15) is 19.8 Å². The lowest BCUT2D eigenvalue weighted by Crippen LogP contribution is -2.37. The minimum absolute atomic E-state index is 0.00481. The molecule has 0 unspecified atom stereocenters. The third kappa shape index (κ3) is 2.87. The molecule has 36 heavy (non-hydrogen) atoms. The predicted octanol–water partition coefficient (Wildman–Crippen LogP) is 3.93. The maximum Gasteiger partial charge on any atom is 0.331 e. The van der Waals surface area contributed by atoms with E-state index in [4.69, 9.17) is 0 Å². The Bertz CT molecular complexity index is 1830. The van der Waals surface area contributed by atoms with Gasteiger partial charge in [0.2, 0.25) is 0 Å². The number of anilines is 1. The van der Waals surface area contributed by atoms with Crippen LogP contribution in [0.1, 0.15) is 22.9 Å². The van der Waals surface area contributed by atoms with Gasteiger partial charge in [-0.1, -0.05) is 36.4 Å². The molecule has 0 radical (unpaired) electrons. The van der Waals surface area contributed by atoms with E-state index < -0.39 is 17.3 Å². The molecule has 1 aliphatic rings. The maximum absolute atomic E-state index is 13.7. The van der Waals surface area contributed by atoms with Gasteiger partial charge < -0.3 is 20.1 Å². The van der Waals surface area contributed by atoms with Gasteiger partial charge in [-0.05, 0) is 42.8 Å². The molecule has 0 amide bonds. The van der Waals surface area contributed by atoms with Crippen molar-refractivity contribution in [1.29, 1.82) is 0 Å². The Balaban J connectivity index is 1.90. The number of aromatic nitrogens is 3. The largest absolute Gasteiger partial charge is 0.508 e. The van der Waals surface area contributed by atoms with E-state index in [2.05, 4.69) is 5.32 Å². The van der Waals surface area contributed by atoms with Crippen LogP contribution in [0.4, 0.5) is 5.69 Å². The minimum atomic E-state index is -0.662. The maximum atomic E-state index is 13.7. The van der Waals surface area contributed by atoms with E-state index in [0.717, 1.165) is 27.1 Å². The summed E-state index contributed by atoms with van der Waals surface area (Å²) in [5.41, 5.74) is 4.78. The third-order valence-corrected chi connectivity index (χ3v) is 7.05. The van der Waals surface area contributed by atoms with Crippen LogP contribution in [0.25, 0.3) is 27.8 Å². The van der Waals surface area contributed by atoms with E-state index in [0.29, 0.717) is 27.9 Å². The summed E-state index contributed by atoms with van der Waals surface area (Å²) in [6.45, 7) is 1.99. The van der Waals surface area contributed by atoms with Crippen molar-refractivity contribution in [2.75, 3.05) is 5.32 Å². The molecule has 0 saturated heterocycles. The molecular formula is C28H24N4O4. The Kier molecular flexibility index (Phi) is 4.63. The highest BCUT2D eigenvalue weighted by Gasteiger charge is 2.36. The first-order valence-electron chi connectivity index (χ1n) is 11.6. The van der Waals surface area contributed by atoms with Crippen LogP contribution in [0.15, 0.2) is 76.3 Å². The van der Waals surface area contributed by atoms with Crippen LogP contribution < -0.4 is 16.6 Å². The van der Waals surface area contributed by atoms with Gasteiger partial charge in [-0.25, -0.2) is 4.79 Å². The summed E-state index contributed by atoms with van der Waals surface area (Å²) in [7, 11) is 3.12. The average Bonchev–Trinajstić information content (AvgIpc) is 3.24. The first-order chi connectivity index (χ1) is 17.3. The second-order valence-electron chi connectivity index (χ2n) is 9.15. The van der Waals surface area contributed by atoms with Gasteiger partial charge >= 0.3 is 5.69 Å². The minimum Gasteiger partial charge on any atom is -0.508 e. The number of rotatable bonds is 2. The van der Waals surface area contributed by atoms with Gasteiger partial charge in [0.25, 0.3) is 5.56 Å². The summed E-state index contributed by atoms with van der Waals surface area (Å²) in [6.07, 6.45) is 0. The number of aromatic hydroxyl groups is 2. The molecular weight excluding hydrogens is 456 g/mol. The van der Waals surface area contributed by atoms with E-state index in [1.165, 1.54) is 29.8 Å². The standard InChI is InChI=1S/C28H24N4O4/c1-15-8-4-5-9-17(15)24-22-25(30(2)28(36)31(3)27(22)35)26-23(18-14-16(33)12-13-21(18)34)29-19-10-6-7-11-20(19)32(24)26/h4-14,23,29,33-34H,1-3H3/t23-/m0/s1. The number of benzene rings is 3. The molecule has 1 aliphatic heterocycles. The van der Waals surface area contributed by atoms with Gasteiger partial charge in [0.05, 0.1) is 39.7 Å². The number of phenols is 2. The van der Waals surface area contributed by atoms with Gasteiger partial charge in [0.15, 0.2) is 0 Å². The van der Waals surface area contributed by atoms with Crippen LogP contribution in [0.2, 0.25) is 0 Å². The molecule has 2 aromatic heterocycles. The molecule has 1 atom stereocenters. The fourth-order valence-corrected chi connectivity index (χ4v) is 5.32. The smallest absolute Gasteiger partial charge is 0.331 e. The lowest BCUT2D eigenvalue weighted by molar-refractivity contribution is 0.452. The Morgan fingerprint density at radius 3 is 2.39 bits per heavy atom. The summed E-state index contributed by atoms with van der Waals surface area (Å²) >= 11 is 0. The van der Waals surface area contributed by atoms with Gasteiger partial charge in [-0.15, -0.1) is 0 Å². The van der Waals surface area contributed by atoms with Gasteiger partial charge in [0, 0.05) is 25.2 Å². The fraction of sp³-hybridized carbons (Fsp3) is 0.143. The molecule has 6 rings (SSSR count). The summed E-state index contributed by atoms with van der Waals surface area (Å²) in [4.78, 5) is 26.8. The van der Waals surface area contributed by atoms with Crippen molar-refractivity contribution < 1.29 is 10.2 Å². The Morgan fingerprint density at radius 2 is 1.61 bits per heavy atom. The highest BCUT2D eigenvalue weighted by atomic mass is 16.3. The molecule has 8 nitrogen and oxygen atoms in total. The van der Waals surface area contributed by atoms with Crippen molar-refractivity contribution in [3.05, 3.63) is 104 Å². The third-order valence-electron chi connectivity index (χ3n) is 7.05. The van der Waals surface area contributed by atoms with Crippen molar-refractivity contribution in [1.82, 2.24) is 13.7 Å². The Hall–Kier alpha value is -4.72. The van der Waals surface area contributed by atoms with Crippen molar-refractivity contribution >= 4 is 16.6 Å². The zero-order valence-corrected chi connectivity index (χ0v) is 20.0. The molecule has 3 N–H and O–H groups in total. The number of phenolic OH excluding ortho intramolecular Hbond substituents is 2. The zero-order chi connectivity index (χ0) is 25.3. The lowest BCUT2D eigenvalue weighted by Gasteiger charge is -2.31. The Morgan fingerprint density at radius 1 is 0.889 bits per heavy atom. The first kappa shape index (κ1) is 21.8. The number of hydrogen-bond acceptors (Lipinski definition) is 5. The number of nitrogens with zero attached hydrogens (tertiary/aromatic N) is 3. The summed E-state index contributed by atoms with van der Waals surface area (Å²) in [6, 6.07) is 19.2. The quantitative estimate of drug-likeness (QED) is 0.333. The van der Waals surface area contributed by atoms with E-state index >= 15 is 0 Å². The van der Waals surface area contributed by atoms with Crippen LogP contribution in [-0.2, 0) is 14.1 Å². The number of nitrogens with one attached hydrogen (secondary N) is 1. The highest BCUT2D eigenvalue weighted by molar-refractivity contribution is 6.00. The molecule has 8 heteroatoms. The van der Waals surface area contributed by atoms with Crippen molar-refractivity contribution in [2.24, 2.45) is 14.1 Å². The van der Waals surface area contributed by atoms with E-state index in [-0.39, 0.29) is 11.5 Å². The second-order valence-corrected chi connectivity index (χ2v) is 9.15. The van der Waals surface area contributed by atoms with Crippen LogP contribution in [-0.4, -0.2) is 23.9 Å². The average molecular weight is 481 g/mol. The second kappa shape index (κ2) is 7.64. The SMILES string of the molecule is Cc1ccccc1-c1c2c(=O)n(C)c(=O)n(C)c2c2n1-c1ccccc1N[C@H]2c1cc(O)ccc1O. The lowest BCUT2D eigenvalue weighted by atomic mass is 9.98. The fourth-order valence-electron chi connectivity index (χ4n) is 5.32. The molecule has 0 spiro atoms. The van der Waals surface area contributed by atoms with Crippen molar-refractivity contribution in [3.8, 4) is 28.4 Å². The van der Waals surface area contributed by atoms with Gasteiger partial charge in [0.1, 0.15) is 11.5 Å². The first-order valence-corrected chi connectivity index (χ1v) is 11.6. The molecule has 0 saturated carbocycles. The molecule has 3 aromatic carbocycles. The molecule has 3 heterocycles. The molecule has 180 valence electrons. The van der Waals surface area contributed by atoms with Crippen LogP contribution in [0, 0.1) is 6.92 Å². The molecule has 5 aromatic rings. The summed E-state index contributed by atoms with van der Waals surface area (Å²) in [5, 5.41) is 25.0. The molecule has 0 fully saturated rings. The molecule has 0 bridgehead atoms. The molecule has 0 aliphatic carbocycles. The highest BCUT2D eigenvalue weighted by Crippen LogP contribution is 2.47. The number of aryl methyl sites for hydroxylation is 2. The van der Waals surface area contributed by atoms with Gasteiger partial charge in [-0.2, -0.15) is 0 Å². The van der Waals surface area contributed by atoms with Crippen LogP contribution >= 0.6 is 0 Å². The Labute approximate surface area is 205 Å². The monoisotopic (exact) mass is 480 g/mol.